The highest BCUT2D eigenvalue weighted by molar-refractivity contribution is 7.97. The molecule has 1 aliphatic heterocycles. The monoisotopic (exact) mass is 363 g/mol. The average molecular weight is 363 g/mol. The lowest BCUT2D eigenvalue weighted by atomic mass is 10.0. The van der Waals surface area contributed by atoms with Crippen LogP contribution in [0.2, 0.25) is 0 Å². The third-order valence-electron chi connectivity index (χ3n) is 4.27. The summed E-state index contributed by atoms with van der Waals surface area (Å²) in [5.41, 5.74) is 8.00. The highest BCUT2D eigenvalue weighted by Gasteiger charge is 2.22. The maximum Gasteiger partial charge on any atom is 0.147 e. The zero-order valence-corrected chi connectivity index (χ0v) is 15.4. The summed E-state index contributed by atoms with van der Waals surface area (Å²) in [5.74, 6) is 0.0214. The highest BCUT2D eigenvalue weighted by Crippen LogP contribution is 2.32. The van der Waals surface area contributed by atoms with Gasteiger partial charge in [-0.15, -0.1) is 0 Å². The Hall–Kier alpha value is -1.90. The summed E-state index contributed by atoms with van der Waals surface area (Å²) in [6, 6.07) is 3.75. The van der Waals surface area contributed by atoms with Crippen molar-refractivity contribution < 1.29 is 9.13 Å². The van der Waals surface area contributed by atoms with Crippen LogP contribution in [0, 0.1) is 12.7 Å². The number of aryl methyl sites for hydroxylation is 1. The Bertz CT molecular complexity index is 826. The van der Waals surface area contributed by atoms with Crippen molar-refractivity contribution in [2.24, 2.45) is 15.7 Å². The zero-order chi connectivity index (χ0) is 18.0. The second-order valence-corrected chi connectivity index (χ2v) is 7.21. The first-order valence-electron chi connectivity index (χ1n) is 8.06. The minimum Gasteiger partial charge on any atom is -0.383 e. The van der Waals surface area contributed by atoms with Crippen LogP contribution in [-0.2, 0) is 4.74 Å². The van der Waals surface area contributed by atoms with Gasteiger partial charge in [0.15, 0.2) is 0 Å². The van der Waals surface area contributed by atoms with Gasteiger partial charge in [-0.05, 0) is 50.0 Å². The summed E-state index contributed by atoms with van der Waals surface area (Å²) in [4.78, 5) is 11.1. The Balaban J connectivity index is 1.99. The van der Waals surface area contributed by atoms with Crippen LogP contribution in [0.3, 0.4) is 0 Å². The Morgan fingerprint density at radius 1 is 1.52 bits per heavy atom. The van der Waals surface area contributed by atoms with Gasteiger partial charge in [0.05, 0.1) is 17.1 Å². The molecule has 1 aromatic heterocycles. The molecule has 1 fully saturated rings. The smallest absolute Gasteiger partial charge is 0.147 e. The van der Waals surface area contributed by atoms with Crippen LogP contribution >= 0.6 is 11.9 Å². The van der Waals surface area contributed by atoms with E-state index in [1.165, 1.54) is 12.4 Å². The summed E-state index contributed by atoms with van der Waals surface area (Å²) in [7, 11) is 3.64. The number of halogens is 1. The molecular formula is C17H22FN5OS. The van der Waals surface area contributed by atoms with Crippen LogP contribution in [-0.4, -0.2) is 54.8 Å². The van der Waals surface area contributed by atoms with Gasteiger partial charge >= 0.3 is 0 Å². The van der Waals surface area contributed by atoms with Crippen molar-refractivity contribution in [3.05, 3.63) is 29.1 Å². The van der Waals surface area contributed by atoms with Crippen LogP contribution in [0.5, 0.6) is 0 Å². The van der Waals surface area contributed by atoms with Gasteiger partial charge in [-0.25, -0.2) is 13.7 Å². The van der Waals surface area contributed by atoms with Crippen molar-refractivity contribution in [1.82, 2.24) is 9.29 Å². The first kappa shape index (κ1) is 17.9. The van der Waals surface area contributed by atoms with Crippen molar-refractivity contribution in [1.29, 1.82) is 0 Å². The predicted molar refractivity (Wildman–Crippen MR) is 101 cm³/mol. The van der Waals surface area contributed by atoms with Gasteiger partial charge in [0.1, 0.15) is 18.0 Å². The van der Waals surface area contributed by atoms with E-state index in [1.54, 1.807) is 19.0 Å². The van der Waals surface area contributed by atoms with Crippen LogP contribution in [0.4, 0.5) is 4.39 Å². The molecule has 8 heteroatoms. The number of ether oxygens (including phenoxy) is 1. The molecule has 3 N–H and O–H groups in total. The van der Waals surface area contributed by atoms with Crippen molar-refractivity contribution in [3.63, 3.8) is 0 Å². The van der Waals surface area contributed by atoms with E-state index in [0.29, 0.717) is 17.4 Å². The summed E-state index contributed by atoms with van der Waals surface area (Å²) < 4.78 is 22.0. The van der Waals surface area contributed by atoms with E-state index in [-0.39, 0.29) is 5.82 Å². The van der Waals surface area contributed by atoms with Gasteiger partial charge in [-0.3, -0.25) is 4.99 Å². The van der Waals surface area contributed by atoms with Crippen LogP contribution < -0.4 is 5.73 Å². The number of aromatic amines is 1. The number of benzene rings is 1. The fourth-order valence-electron chi connectivity index (χ4n) is 2.97. The number of H-pyrrole nitrogens is 1. The predicted octanol–water partition coefficient (Wildman–Crippen LogP) is 2.71. The Morgan fingerprint density at radius 3 is 3.00 bits per heavy atom. The number of fused-ring (bicyclic) bond motifs is 1. The molecule has 6 nitrogen and oxygen atoms in total. The minimum atomic E-state index is -0.299. The number of nitrogens with zero attached hydrogens (tertiary/aromatic N) is 3. The van der Waals surface area contributed by atoms with E-state index < -0.39 is 0 Å². The lowest BCUT2D eigenvalue weighted by Crippen LogP contribution is -2.25. The Labute approximate surface area is 150 Å². The van der Waals surface area contributed by atoms with Crippen molar-refractivity contribution in [2.75, 3.05) is 27.3 Å². The molecule has 25 heavy (non-hydrogen) atoms. The topological polar surface area (TPSA) is 79.0 Å². The third kappa shape index (κ3) is 3.70. The molecule has 0 spiro atoms. The molecule has 1 atom stereocenters. The molecule has 0 aliphatic carbocycles. The van der Waals surface area contributed by atoms with Crippen molar-refractivity contribution in [2.45, 2.75) is 24.4 Å². The van der Waals surface area contributed by atoms with E-state index in [2.05, 4.69) is 19.3 Å². The SMILES string of the molecule is CN=CN=C(N)c1c(C)cc(F)c2[nH]c(SN(C)C3CCOC3)cc12. The first-order valence-corrected chi connectivity index (χ1v) is 8.83. The van der Waals surface area contributed by atoms with E-state index >= 15 is 0 Å². The molecule has 1 unspecified atom stereocenters. The fourth-order valence-corrected chi connectivity index (χ4v) is 3.92. The Morgan fingerprint density at radius 2 is 2.32 bits per heavy atom. The van der Waals surface area contributed by atoms with Gasteiger partial charge in [0.25, 0.3) is 0 Å². The lowest BCUT2D eigenvalue weighted by Gasteiger charge is -2.20. The molecule has 0 bridgehead atoms. The van der Waals surface area contributed by atoms with Gasteiger partial charge in [0.2, 0.25) is 0 Å². The maximum atomic E-state index is 14.4. The lowest BCUT2D eigenvalue weighted by molar-refractivity contribution is 0.182. The molecule has 1 aromatic carbocycles. The van der Waals surface area contributed by atoms with Gasteiger partial charge < -0.3 is 15.5 Å². The van der Waals surface area contributed by atoms with E-state index in [0.717, 1.165) is 41.2 Å². The number of rotatable bonds is 5. The third-order valence-corrected chi connectivity index (χ3v) is 5.27. The molecule has 0 amide bonds. The number of aromatic nitrogens is 1. The number of amidine groups is 1. The first-order chi connectivity index (χ1) is 12.0. The second-order valence-electron chi connectivity index (χ2n) is 6.02. The van der Waals surface area contributed by atoms with E-state index in [9.17, 15) is 4.39 Å². The quantitative estimate of drug-likeness (QED) is 0.486. The van der Waals surface area contributed by atoms with E-state index in [1.807, 2.05) is 20.0 Å². The van der Waals surface area contributed by atoms with Crippen molar-refractivity contribution in [3.8, 4) is 0 Å². The van der Waals surface area contributed by atoms with E-state index in [4.69, 9.17) is 10.5 Å². The molecule has 134 valence electrons. The normalized spacial score (nSPS) is 18.9. The molecule has 0 saturated carbocycles. The summed E-state index contributed by atoms with van der Waals surface area (Å²) >= 11 is 1.54. The van der Waals surface area contributed by atoms with Crippen molar-refractivity contribution >= 4 is 35.0 Å². The largest absolute Gasteiger partial charge is 0.383 e. The summed E-state index contributed by atoms with van der Waals surface area (Å²) in [6.07, 6.45) is 2.39. The molecule has 2 heterocycles. The average Bonchev–Trinajstić information content (AvgIpc) is 3.22. The zero-order valence-electron chi connectivity index (χ0n) is 14.5. The maximum absolute atomic E-state index is 14.4. The molecule has 1 saturated heterocycles. The van der Waals surface area contributed by atoms with Gasteiger partial charge in [-0.2, -0.15) is 0 Å². The molecule has 3 rings (SSSR count). The Kier molecular flexibility index (Phi) is 5.41. The minimum absolute atomic E-state index is 0.299. The summed E-state index contributed by atoms with van der Waals surface area (Å²) in [5, 5.41) is 1.58. The highest BCUT2D eigenvalue weighted by atomic mass is 32.2. The number of nitrogens with two attached hydrogens (primary N) is 1. The number of likely N-dealkylation sites (N-methyl/N-ethyl adjacent to an activating group) is 1. The number of nitrogens with one attached hydrogen (secondary N) is 1. The number of aliphatic imine (C=N–C) groups is 2. The molecule has 0 radical (unpaired) electrons. The van der Waals surface area contributed by atoms with Crippen LogP contribution in [0.15, 0.2) is 27.1 Å². The summed E-state index contributed by atoms with van der Waals surface area (Å²) in [6.45, 7) is 3.33. The van der Waals surface area contributed by atoms with Crippen LogP contribution in [0.25, 0.3) is 10.9 Å². The van der Waals surface area contributed by atoms with Gasteiger partial charge in [-0.1, -0.05) is 0 Å². The molecule has 1 aliphatic rings. The number of hydrogen-bond acceptors (Lipinski definition) is 4. The number of hydrogen-bond donors (Lipinski definition) is 2. The fraction of sp³-hybridized carbons (Fsp3) is 0.412. The molecule has 2 aromatic rings. The second kappa shape index (κ2) is 7.55. The van der Waals surface area contributed by atoms with Crippen LogP contribution in [0.1, 0.15) is 17.5 Å². The van der Waals surface area contributed by atoms with Gasteiger partial charge in [0, 0.05) is 30.6 Å². The standard InChI is InChI=1S/C17H22FN5OS/c1-10-6-13(18)16-12(15(10)17(19)21-9-20-2)7-14(22-16)25-23(3)11-4-5-24-8-11/h6-7,9,11,22H,4-5,8H2,1-3H3,(H2,19,20,21). The molecular weight excluding hydrogens is 341 g/mol.